The van der Waals surface area contributed by atoms with Crippen LogP contribution in [0, 0.1) is 24.2 Å². The van der Waals surface area contributed by atoms with E-state index in [-0.39, 0.29) is 18.2 Å². The molecule has 1 aliphatic heterocycles. The van der Waals surface area contributed by atoms with E-state index in [1.807, 2.05) is 84.6 Å². The number of rotatable bonds is 7. The number of oxazole rings is 1. The van der Waals surface area contributed by atoms with Gasteiger partial charge in [-0.2, -0.15) is 5.26 Å². The van der Waals surface area contributed by atoms with E-state index in [0.717, 1.165) is 41.2 Å². The monoisotopic (exact) mass is 490 g/mol. The smallest absolute Gasteiger partial charge is 0.224 e. The summed E-state index contributed by atoms with van der Waals surface area (Å²) in [5, 5.41) is 10.1. The highest BCUT2D eigenvalue weighted by atomic mass is 16.4. The predicted molar refractivity (Wildman–Crippen MR) is 144 cm³/mol. The van der Waals surface area contributed by atoms with Crippen LogP contribution in [0.25, 0.3) is 11.3 Å². The third kappa shape index (κ3) is 5.57. The summed E-state index contributed by atoms with van der Waals surface area (Å²) in [6.45, 7) is 4.62. The highest BCUT2D eigenvalue weighted by Crippen LogP contribution is 2.34. The molecule has 37 heavy (non-hydrogen) atoms. The molecule has 6 nitrogen and oxygen atoms in total. The number of anilines is 1. The third-order valence-corrected chi connectivity index (χ3v) is 7.05. The minimum Gasteiger partial charge on any atom is -0.441 e. The first-order chi connectivity index (χ1) is 18.1. The van der Waals surface area contributed by atoms with Crippen LogP contribution in [0.1, 0.15) is 29.4 Å². The molecule has 1 atom stereocenters. The molecule has 2 heterocycles. The van der Waals surface area contributed by atoms with E-state index in [1.165, 1.54) is 0 Å². The first-order valence-corrected chi connectivity index (χ1v) is 12.7. The average Bonchev–Trinajstić information content (AvgIpc) is 3.40. The number of hydrogen-bond acceptors (Lipinski definition) is 5. The predicted octanol–water partition coefficient (Wildman–Crippen LogP) is 5.66. The number of nitriles is 1. The summed E-state index contributed by atoms with van der Waals surface area (Å²) in [6.07, 6.45) is 1.94. The van der Waals surface area contributed by atoms with E-state index in [2.05, 4.69) is 28.1 Å². The summed E-state index contributed by atoms with van der Waals surface area (Å²) in [4.78, 5) is 21.7. The summed E-state index contributed by atoms with van der Waals surface area (Å²) in [6, 6.07) is 30.8. The van der Waals surface area contributed by atoms with E-state index in [0.29, 0.717) is 19.0 Å². The van der Waals surface area contributed by atoms with E-state index in [9.17, 15) is 10.1 Å². The fourth-order valence-electron chi connectivity index (χ4n) is 5.08. The van der Waals surface area contributed by atoms with Gasteiger partial charge in [0.25, 0.3) is 0 Å². The highest BCUT2D eigenvalue weighted by Gasteiger charge is 2.30. The van der Waals surface area contributed by atoms with E-state index in [4.69, 9.17) is 4.42 Å². The Kier molecular flexibility index (Phi) is 7.32. The van der Waals surface area contributed by atoms with E-state index < -0.39 is 5.92 Å². The number of amides is 1. The highest BCUT2D eigenvalue weighted by molar-refractivity contribution is 5.77. The lowest BCUT2D eigenvalue weighted by Gasteiger charge is -2.37. The molecule has 0 N–H and O–H groups in total. The Bertz CT molecular complexity index is 1310. The van der Waals surface area contributed by atoms with Crippen molar-refractivity contribution >= 4 is 11.6 Å². The lowest BCUT2D eigenvalue weighted by molar-refractivity contribution is -0.132. The molecule has 0 bridgehead atoms. The molecule has 0 saturated carbocycles. The minimum absolute atomic E-state index is 0.0408. The van der Waals surface area contributed by atoms with Crippen molar-refractivity contribution in [2.24, 2.45) is 5.92 Å². The topological polar surface area (TPSA) is 73.4 Å². The Morgan fingerprint density at radius 3 is 2.03 bits per heavy atom. The van der Waals surface area contributed by atoms with Crippen molar-refractivity contribution < 1.29 is 9.21 Å². The van der Waals surface area contributed by atoms with Crippen LogP contribution in [-0.4, -0.2) is 42.0 Å². The summed E-state index contributed by atoms with van der Waals surface area (Å²) in [5.74, 6) is 0.860. The number of benzene rings is 3. The fraction of sp³-hybridized carbons (Fsp3) is 0.258. The first kappa shape index (κ1) is 24.3. The molecule has 1 unspecified atom stereocenters. The minimum atomic E-state index is -0.442. The molecule has 1 fully saturated rings. The molecule has 6 heteroatoms. The van der Waals surface area contributed by atoms with Gasteiger partial charge in [-0.25, -0.2) is 4.98 Å². The second-order valence-electron chi connectivity index (χ2n) is 9.40. The van der Waals surface area contributed by atoms with Crippen molar-refractivity contribution in [3.8, 4) is 17.4 Å². The fourth-order valence-corrected chi connectivity index (χ4v) is 5.08. The van der Waals surface area contributed by atoms with Crippen LogP contribution in [0.3, 0.4) is 0 Å². The first-order valence-electron chi connectivity index (χ1n) is 12.7. The van der Waals surface area contributed by atoms with Crippen molar-refractivity contribution in [2.75, 3.05) is 31.1 Å². The Morgan fingerprint density at radius 2 is 1.51 bits per heavy atom. The quantitative estimate of drug-likeness (QED) is 0.334. The summed E-state index contributed by atoms with van der Waals surface area (Å²) >= 11 is 0. The second kappa shape index (κ2) is 11.1. The van der Waals surface area contributed by atoms with Gasteiger partial charge in [0.2, 0.25) is 5.91 Å². The van der Waals surface area contributed by atoms with Gasteiger partial charge >= 0.3 is 0 Å². The van der Waals surface area contributed by atoms with Gasteiger partial charge in [0.15, 0.2) is 11.7 Å². The average molecular weight is 491 g/mol. The molecule has 0 aliphatic carbocycles. The molecule has 0 spiro atoms. The zero-order valence-corrected chi connectivity index (χ0v) is 21.0. The Balaban J connectivity index is 1.23. The number of piperazine rings is 1. The number of hydrogen-bond donors (Lipinski definition) is 0. The Labute approximate surface area is 217 Å². The molecular formula is C31H30N4O2. The maximum absolute atomic E-state index is 13.3. The van der Waals surface area contributed by atoms with Gasteiger partial charge in [-0.15, -0.1) is 0 Å². The number of aryl methyl sites for hydroxylation is 1. The van der Waals surface area contributed by atoms with E-state index >= 15 is 0 Å². The molecule has 3 aromatic carbocycles. The maximum Gasteiger partial charge on any atom is 0.224 e. The van der Waals surface area contributed by atoms with Crippen molar-refractivity contribution in [3.63, 3.8) is 0 Å². The van der Waals surface area contributed by atoms with Crippen molar-refractivity contribution in [1.82, 2.24) is 9.88 Å². The van der Waals surface area contributed by atoms with E-state index in [1.54, 1.807) is 6.20 Å². The van der Waals surface area contributed by atoms with Gasteiger partial charge in [0.1, 0.15) is 0 Å². The molecule has 1 saturated heterocycles. The van der Waals surface area contributed by atoms with Gasteiger partial charge in [-0.05, 0) is 35.4 Å². The molecule has 5 rings (SSSR count). The van der Waals surface area contributed by atoms with Crippen LogP contribution >= 0.6 is 0 Å². The molecule has 1 aliphatic rings. The SMILES string of the molecule is Cc1ncc(-c2ccc(N3CCN(C(=O)CC(C#N)C(c4ccccc4)c4ccccc4)CC3)cc2)o1. The molecule has 4 aromatic rings. The van der Waals surface area contributed by atoms with Crippen LogP contribution in [0.15, 0.2) is 95.5 Å². The van der Waals surface area contributed by atoms with Crippen LogP contribution in [-0.2, 0) is 4.79 Å². The molecule has 186 valence electrons. The lowest BCUT2D eigenvalue weighted by atomic mass is 9.79. The van der Waals surface area contributed by atoms with Gasteiger partial charge in [-0.3, -0.25) is 4.79 Å². The van der Waals surface area contributed by atoms with Gasteiger partial charge in [-0.1, -0.05) is 60.7 Å². The van der Waals surface area contributed by atoms with Crippen LogP contribution in [0.5, 0.6) is 0 Å². The number of nitrogens with zero attached hydrogens (tertiary/aromatic N) is 4. The maximum atomic E-state index is 13.3. The summed E-state index contributed by atoms with van der Waals surface area (Å²) in [5.41, 5.74) is 4.23. The third-order valence-electron chi connectivity index (χ3n) is 7.05. The zero-order valence-electron chi connectivity index (χ0n) is 21.0. The summed E-state index contributed by atoms with van der Waals surface area (Å²) < 4.78 is 5.62. The molecular weight excluding hydrogens is 460 g/mol. The zero-order chi connectivity index (χ0) is 25.6. The second-order valence-corrected chi connectivity index (χ2v) is 9.40. The van der Waals surface area contributed by atoms with Crippen LogP contribution in [0.4, 0.5) is 5.69 Å². The van der Waals surface area contributed by atoms with Crippen molar-refractivity contribution in [1.29, 1.82) is 5.26 Å². The number of aromatic nitrogens is 1. The normalized spacial score (nSPS) is 14.4. The van der Waals surface area contributed by atoms with Crippen LogP contribution < -0.4 is 4.90 Å². The standard InChI is InChI=1S/C31H30N4O2/c1-23-33-22-29(37-23)24-12-14-28(15-13-24)34-16-18-35(19-17-34)30(36)20-27(21-32)31(25-8-4-2-5-9-25)26-10-6-3-7-11-26/h2-15,22,27,31H,16-20H2,1H3. The Morgan fingerprint density at radius 1 is 0.919 bits per heavy atom. The molecule has 1 amide bonds. The largest absolute Gasteiger partial charge is 0.441 e. The molecule has 0 radical (unpaired) electrons. The van der Waals surface area contributed by atoms with Gasteiger partial charge in [0, 0.05) is 56.7 Å². The molecule has 1 aromatic heterocycles. The number of carbonyl (C=O) groups is 1. The lowest BCUT2D eigenvalue weighted by Crippen LogP contribution is -2.49. The van der Waals surface area contributed by atoms with Crippen LogP contribution in [0.2, 0.25) is 0 Å². The summed E-state index contributed by atoms with van der Waals surface area (Å²) in [7, 11) is 0. The number of carbonyl (C=O) groups excluding carboxylic acids is 1. The van der Waals surface area contributed by atoms with Crippen molar-refractivity contribution in [2.45, 2.75) is 19.3 Å². The van der Waals surface area contributed by atoms with Gasteiger partial charge < -0.3 is 14.2 Å². The van der Waals surface area contributed by atoms with Crippen molar-refractivity contribution in [3.05, 3.63) is 108 Å². The van der Waals surface area contributed by atoms with Gasteiger partial charge in [0.05, 0.1) is 18.2 Å². The Hall–Kier alpha value is -4.37.